The molecular weight excluding hydrogens is 318 g/mol. The Morgan fingerprint density at radius 2 is 1.88 bits per heavy atom. The normalized spacial score (nSPS) is 15.9. The number of likely N-dealkylation sites (N-methyl/N-ethyl adjacent to an activating group) is 1. The summed E-state index contributed by atoms with van der Waals surface area (Å²) < 4.78 is 0. The third-order valence-electron chi connectivity index (χ3n) is 4.71. The predicted molar refractivity (Wildman–Crippen MR) is 96.6 cm³/mol. The second-order valence-electron chi connectivity index (χ2n) is 6.38. The van der Waals surface area contributed by atoms with Crippen LogP contribution in [-0.4, -0.2) is 54.5 Å². The third-order valence-corrected chi connectivity index (χ3v) is 4.71. The van der Waals surface area contributed by atoms with E-state index in [9.17, 15) is 14.7 Å². The molecule has 1 aliphatic rings. The van der Waals surface area contributed by atoms with Gasteiger partial charge in [-0.25, -0.2) is 0 Å². The van der Waals surface area contributed by atoms with E-state index in [1.54, 1.807) is 19.2 Å². The Morgan fingerprint density at radius 1 is 1.16 bits per heavy atom. The van der Waals surface area contributed by atoms with E-state index in [1.807, 2.05) is 24.3 Å². The molecule has 6 nitrogen and oxygen atoms in total. The summed E-state index contributed by atoms with van der Waals surface area (Å²) in [6, 6.07) is 11.0. The fraction of sp³-hybridized carbons (Fsp3) is 0.368. The molecule has 0 saturated carbocycles. The number of piperidine rings is 1. The second-order valence-corrected chi connectivity index (χ2v) is 6.38. The van der Waals surface area contributed by atoms with Gasteiger partial charge >= 0.3 is 0 Å². The lowest BCUT2D eigenvalue weighted by Crippen LogP contribution is -2.47. The molecule has 1 heterocycles. The molecule has 0 bridgehead atoms. The number of phenols is 1. The number of carbonyl (C=O) groups is 2. The maximum absolute atomic E-state index is 12.5. The van der Waals surface area contributed by atoms with E-state index in [-0.39, 0.29) is 23.6 Å². The van der Waals surface area contributed by atoms with Crippen molar-refractivity contribution in [2.24, 2.45) is 0 Å². The highest BCUT2D eigenvalue weighted by Crippen LogP contribution is 2.28. The van der Waals surface area contributed by atoms with Gasteiger partial charge in [0.15, 0.2) is 0 Å². The molecule has 0 atom stereocenters. The summed E-state index contributed by atoms with van der Waals surface area (Å²) in [5, 5.41) is 17.6. The van der Waals surface area contributed by atoms with Crippen molar-refractivity contribution in [3.05, 3.63) is 42.0 Å². The van der Waals surface area contributed by atoms with Crippen LogP contribution in [0.25, 0.3) is 10.8 Å². The first-order valence-electron chi connectivity index (χ1n) is 8.53. The summed E-state index contributed by atoms with van der Waals surface area (Å²) in [4.78, 5) is 26.0. The zero-order valence-electron chi connectivity index (χ0n) is 14.3. The number of hydrogen-bond donors (Lipinski definition) is 3. The molecule has 2 amide bonds. The van der Waals surface area contributed by atoms with Gasteiger partial charge in [0.2, 0.25) is 5.91 Å². The molecular formula is C19H23N3O3. The quantitative estimate of drug-likeness (QED) is 0.787. The summed E-state index contributed by atoms with van der Waals surface area (Å²) in [7, 11) is 1.63. The van der Waals surface area contributed by atoms with Crippen molar-refractivity contribution in [2.45, 2.75) is 18.9 Å². The molecule has 0 unspecified atom stereocenters. The van der Waals surface area contributed by atoms with Crippen LogP contribution in [0.5, 0.6) is 5.75 Å². The molecule has 132 valence electrons. The maximum Gasteiger partial charge on any atom is 0.255 e. The highest BCUT2D eigenvalue weighted by atomic mass is 16.3. The van der Waals surface area contributed by atoms with Crippen molar-refractivity contribution >= 4 is 22.6 Å². The molecule has 2 aromatic carbocycles. The standard InChI is InChI=1S/C19H23N3O3/c1-20-17(23)12-22-10-8-14(9-11-22)21-19(25)16-7-6-13-4-2-3-5-15(13)18(16)24/h2-7,14,24H,8-12H2,1H3,(H,20,23)(H,21,25). The molecule has 25 heavy (non-hydrogen) atoms. The van der Waals surface area contributed by atoms with E-state index in [2.05, 4.69) is 15.5 Å². The van der Waals surface area contributed by atoms with E-state index in [4.69, 9.17) is 0 Å². The van der Waals surface area contributed by atoms with E-state index >= 15 is 0 Å². The number of nitrogens with one attached hydrogen (secondary N) is 2. The number of likely N-dealkylation sites (tertiary alicyclic amines) is 1. The van der Waals surface area contributed by atoms with Crippen LogP contribution in [0.4, 0.5) is 0 Å². The molecule has 2 aromatic rings. The Kier molecular flexibility index (Phi) is 5.19. The SMILES string of the molecule is CNC(=O)CN1CCC(NC(=O)c2ccc3ccccc3c2O)CC1. The van der Waals surface area contributed by atoms with Gasteiger partial charge in [0.1, 0.15) is 5.75 Å². The fourth-order valence-corrected chi connectivity index (χ4v) is 3.22. The fourth-order valence-electron chi connectivity index (χ4n) is 3.22. The van der Waals surface area contributed by atoms with Crippen LogP contribution in [0.15, 0.2) is 36.4 Å². The van der Waals surface area contributed by atoms with Crippen LogP contribution < -0.4 is 10.6 Å². The molecule has 0 aliphatic carbocycles. The number of fused-ring (bicyclic) bond motifs is 1. The van der Waals surface area contributed by atoms with Crippen LogP contribution in [0.3, 0.4) is 0 Å². The molecule has 1 fully saturated rings. The van der Waals surface area contributed by atoms with Gasteiger partial charge in [0, 0.05) is 31.6 Å². The summed E-state index contributed by atoms with van der Waals surface area (Å²) in [5.74, 6) is -0.232. The highest BCUT2D eigenvalue weighted by Gasteiger charge is 2.23. The van der Waals surface area contributed by atoms with E-state index in [0.717, 1.165) is 31.3 Å². The Hall–Kier alpha value is -2.60. The zero-order chi connectivity index (χ0) is 17.8. The summed E-state index contributed by atoms with van der Waals surface area (Å²) >= 11 is 0. The van der Waals surface area contributed by atoms with E-state index in [1.165, 1.54) is 0 Å². The lowest BCUT2D eigenvalue weighted by atomic mass is 10.0. The number of amides is 2. The molecule has 3 N–H and O–H groups in total. The van der Waals surface area contributed by atoms with Crippen molar-refractivity contribution in [3.8, 4) is 5.75 Å². The van der Waals surface area contributed by atoms with Gasteiger partial charge in [0.25, 0.3) is 5.91 Å². The number of benzene rings is 2. The average molecular weight is 341 g/mol. The number of phenolic OH excluding ortho intramolecular Hbond substituents is 1. The first-order chi connectivity index (χ1) is 12.1. The number of rotatable bonds is 4. The summed E-state index contributed by atoms with van der Waals surface area (Å²) in [6.45, 7) is 1.92. The van der Waals surface area contributed by atoms with Gasteiger partial charge in [0.05, 0.1) is 12.1 Å². The van der Waals surface area contributed by atoms with Crippen molar-refractivity contribution in [3.63, 3.8) is 0 Å². The monoisotopic (exact) mass is 341 g/mol. The molecule has 6 heteroatoms. The minimum Gasteiger partial charge on any atom is -0.506 e. The van der Waals surface area contributed by atoms with Gasteiger partial charge in [-0.1, -0.05) is 30.3 Å². The van der Waals surface area contributed by atoms with Crippen LogP contribution in [0, 0.1) is 0 Å². The van der Waals surface area contributed by atoms with Crippen LogP contribution in [0.1, 0.15) is 23.2 Å². The lowest BCUT2D eigenvalue weighted by Gasteiger charge is -2.31. The van der Waals surface area contributed by atoms with Gasteiger partial charge in [-0.2, -0.15) is 0 Å². The van der Waals surface area contributed by atoms with Gasteiger partial charge < -0.3 is 15.7 Å². The van der Waals surface area contributed by atoms with Gasteiger partial charge in [-0.05, 0) is 24.3 Å². The Morgan fingerprint density at radius 3 is 2.60 bits per heavy atom. The summed E-state index contributed by atoms with van der Waals surface area (Å²) in [5.41, 5.74) is 0.298. The highest BCUT2D eigenvalue weighted by molar-refractivity contribution is 6.03. The molecule has 1 saturated heterocycles. The van der Waals surface area contributed by atoms with Crippen molar-refractivity contribution in [2.75, 3.05) is 26.7 Å². The molecule has 0 radical (unpaired) electrons. The van der Waals surface area contributed by atoms with Gasteiger partial charge in [-0.15, -0.1) is 0 Å². The van der Waals surface area contributed by atoms with Crippen molar-refractivity contribution in [1.29, 1.82) is 0 Å². The van der Waals surface area contributed by atoms with Crippen molar-refractivity contribution in [1.82, 2.24) is 15.5 Å². The van der Waals surface area contributed by atoms with Crippen LogP contribution in [-0.2, 0) is 4.79 Å². The first kappa shape index (κ1) is 17.2. The van der Waals surface area contributed by atoms with Crippen LogP contribution >= 0.6 is 0 Å². The second kappa shape index (κ2) is 7.53. The Balaban J connectivity index is 1.62. The summed E-state index contributed by atoms with van der Waals surface area (Å²) in [6.07, 6.45) is 1.58. The zero-order valence-corrected chi connectivity index (χ0v) is 14.3. The lowest BCUT2D eigenvalue weighted by molar-refractivity contribution is -0.122. The number of hydrogen-bond acceptors (Lipinski definition) is 4. The third kappa shape index (κ3) is 3.91. The average Bonchev–Trinajstić information content (AvgIpc) is 2.63. The predicted octanol–water partition coefficient (Wildman–Crippen LogP) is 1.49. The first-order valence-corrected chi connectivity index (χ1v) is 8.53. The van der Waals surface area contributed by atoms with E-state index in [0.29, 0.717) is 17.5 Å². The van der Waals surface area contributed by atoms with Crippen LogP contribution in [0.2, 0.25) is 0 Å². The molecule has 0 aromatic heterocycles. The minimum absolute atomic E-state index is 0.00331. The largest absolute Gasteiger partial charge is 0.506 e. The smallest absolute Gasteiger partial charge is 0.255 e. The number of aromatic hydroxyl groups is 1. The van der Waals surface area contributed by atoms with E-state index < -0.39 is 0 Å². The number of carbonyl (C=O) groups excluding carboxylic acids is 2. The maximum atomic E-state index is 12.5. The Labute approximate surface area is 146 Å². The Bertz CT molecular complexity index is 783. The minimum atomic E-state index is -0.256. The number of nitrogens with zero attached hydrogens (tertiary/aromatic N) is 1. The van der Waals surface area contributed by atoms with Gasteiger partial charge in [-0.3, -0.25) is 14.5 Å². The molecule has 1 aliphatic heterocycles. The molecule has 3 rings (SSSR count). The topological polar surface area (TPSA) is 81.7 Å². The van der Waals surface area contributed by atoms with Crippen molar-refractivity contribution < 1.29 is 14.7 Å². The molecule has 0 spiro atoms.